The molecule has 2 N–H and O–H groups in total. The first-order valence-electron chi connectivity index (χ1n) is 30.5. The van der Waals surface area contributed by atoms with Gasteiger partial charge in [0.15, 0.2) is 74.9 Å². The summed E-state index contributed by atoms with van der Waals surface area (Å²) in [6.45, 7) is 3.12. The molecule has 0 amide bonds. The summed E-state index contributed by atoms with van der Waals surface area (Å²) in [4.78, 5) is 43.8. The van der Waals surface area contributed by atoms with Gasteiger partial charge in [0.2, 0.25) is 14.5 Å². The minimum Gasteiger partial charge on any atom is -0.870 e. The summed E-state index contributed by atoms with van der Waals surface area (Å²) in [5, 5.41) is 43.6. The molecule has 15 rings (SSSR count). The smallest absolute Gasteiger partial charge is 0.870 e. The Balaban J connectivity index is 0.000000273. The number of ketones is 1. The van der Waals surface area contributed by atoms with Crippen molar-refractivity contribution in [3.8, 4) is 93.3 Å². The van der Waals surface area contributed by atoms with E-state index in [0.29, 0.717) is 52.7 Å². The number of nitriles is 4. The first kappa shape index (κ1) is 96.6. The number of carboxylic acid groups (broad SMARTS) is 1. The van der Waals surface area contributed by atoms with Crippen molar-refractivity contribution in [1.29, 1.82) is 21.0 Å². The molecule has 0 spiro atoms. The van der Waals surface area contributed by atoms with Gasteiger partial charge in [0.1, 0.15) is 5.78 Å². The van der Waals surface area contributed by atoms with E-state index >= 15 is 0 Å². The van der Waals surface area contributed by atoms with E-state index in [4.69, 9.17) is 58.3 Å². The van der Waals surface area contributed by atoms with Crippen LogP contribution in [0.4, 0.5) is 52.7 Å². The summed E-state index contributed by atoms with van der Waals surface area (Å²) in [6.07, 6.45) is -17.7. The van der Waals surface area contributed by atoms with Crippen molar-refractivity contribution >= 4 is 109 Å². The zero-order chi connectivity index (χ0) is 80.9. The van der Waals surface area contributed by atoms with Crippen molar-refractivity contribution in [2.45, 2.75) is 133 Å². The molecule has 1 unspecified atom stereocenters. The van der Waals surface area contributed by atoms with Crippen molar-refractivity contribution < 1.29 is 200 Å². The molecule has 24 nitrogen and oxygen atoms in total. The van der Waals surface area contributed by atoms with Gasteiger partial charge >= 0.3 is 101 Å². The van der Waals surface area contributed by atoms with Crippen LogP contribution in [-0.2, 0) is 55.8 Å². The van der Waals surface area contributed by atoms with Crippen LogP contribution < -0.4 is 108 Å². The number of fused-ring (bicyclic) bond motifs is 6. The number of rotatable bonds is 11. The first-order valence-corrected chi connectivity index (χ1v) is 36.1. The number of aliphatic carboxylic acids is 1. The van der Waals surface area contributed by atoms with Gasteiger partial charge < -0.3 is 72.2 Å². The molecule has 598 valence electrons. The van der Waals surface area contributed by atoms with E-state index in [1.165, 1.54) is 91.9 Å². The molecule has 1 atom stereocenters. The van der Waals surface area contributed by atoms with Crippen LogP contribution in [0.2, 0.25) is 0 Å². The SMILES string of the molecule is C.CC(=O)CC#N.CCOC(=O)C(C#N)c1ccc2c(c1)OC(F)(F)O2.ClCCBr.FC1(F)Oc2ccc(Br)cc2O1.N#CC1(c2ccc3c(c2)OC(F)(F)O3)CC1.N#CCc1ccc2c(c1)OC(F)(F)O2.O=C(Cl)C1(c2ccc3c(c2)OC(F)(F)O3)CC1.O=C(O)C1(c2ccc3c(c2)OC(F)(F)O3)CC1.O=S(Cl)Cl.[K+].[OH-]. The number of alkyl halides is 14. The fraction of sp³-hybridized carbons (Fsp3) is 0.353. The summed E-state index contributed by atoms with van der Waals surface area (Å²) in [6, 6.07) is 33.0. The van der Waals surface area contributed by atoms with Gasteiger partial charge in [0.05, 0.1) is 60.0 Å². The Morgan fingerprint density at radius 3 is 1.18 bits per heavy atom. The van der Waals surface area contributed by atoms with Crippen molar-refractivity contribution in [3.63, 3.8) is 0 Å². The maximum absolute atomic E-state index is 12.8. The molecule has 6 aliphatic heterocycles. The molecule has 112 heavy (non-hydrogen) atoms. The Bertz CT molecular complexity index is 4510. The number of hydrogen-bond acceptors (Lipinski definition) is 23. The maximum atomic E-state index is 12.8. The first-order chi connectivity index (χ1) is 51.0. The van der Waals surface area contributed by atoms with Gasteiger partial charge in [-0.05, 0) is 171 Å². The third-order valence-corrected chi connectivity index (χ3v) is 16.9. The van der Waals surface area contributed by atoms with E-state index < -0.39 is 86.3 Å². The zero-order valence-corrected chi connectivity index (χ0v) is 66.6. The molecule has 9 aliphatic rings. The van der Waals surface area contributed by atoms with E-state index in [2.05, 4.69) is 116 Å². The normalized spacial score (nSPS) is 17.7. The number of nitrogens with zero attached hydrogens (tertiary/aromatic N) is 4. The number of Topliss-reactive ketones (excluding diaryl/α,β-unsaturated/α-hetero) is 1. The Kier molecular flexibility index (Phi) is 34.5. The number of carbonyl (C=O) groups excluding carboxylic acids is 3. The average molecular weight is 1850 g/mol. The molecule has 6 aromatic carbocycles. The minimum atomic E-state index is -3.73. The fourth-order valence-corrected chi connectivity index (χ4v) is 10.3. The van der Waals surface area contributed by atoms with E-state index in [1.807, 2.05) is 6.07 Å². The number of halogens is 18. The van der Waals surface area contributed by atoms with E-state index in [1.54, 1.807) is 43.3 Å². The van der Waals surface area contributed by atoms with Gasteiger partial charge in [-0.25, -0.2) is 4.21 Å². The van der Waals surface area contributed by atoms with Gasteiger partial charge in [-0.2, -0.15) is 21.0 Å². The molecule has 3 aliphatic carbocycles. The van der Waals surface area contributed by atoms with E-state index in [9.17, 15) is 71.9 Å². The zero-order valence-electron chi connectivity index (χ0n) is 56.5. The van der Waals surface area contributed by atoms with Crippen molar-refractivity contribution in [2.24, 2.45) is 0 Å². The van der Waals surface area contributed by atoms with Crippen LogP contribution in [0, 0.1) is 45.3 Å². The number of ether oxygens (including phenoxy) is 13. The predicted octanol–water partition coefficient (Wildman–Crippen LogP) is 15.1. The Morgan fingerprint density at radius 2 is 0.866 bits per heavy atom. The minimum absolute atomic E-state index is 0. The Hall–Kier alpha value is -7.81. The Morgan fingerprint density at radius 1 is 0.536 bits per heavy atom. The fourth-order valence-electron chi connectivity index (χ4n) is 9.67. The average Bonchev–Trinajstić information content (AvgIpc) is 1.60. The third-order valence-electron chi connectivity index (χ3n) is 15.0. The van der Waals surface area contributed by atoms with Gasteiger partial charge in [-0.1, -0.05) is 69.6 Å². The van der Waals surface area contributed by atoms with Crippen LogP contribution in [0.25, 0.3) is 0 Å². The molecular formula is C68H53Br2Cl4F12KN4O20S. The molecule has 0 aromatic heterocycles. The molecule has 6 heterocycles. The maximum Gasteiger partial charge on any atom is 1.00 e. The van der Waals surface area contributed by atoms with Crippen molar-refractivity contribution in [3.05, 3.63) is 141 Å². The standard InChI is InChI=1S/C12H9F2NO4.C11H7ClF2O3.C11H7F2NO2.C11H8F2O4.C9H5F2NO2.C7H3BrF2O2.C4H5NO.C2H4BrCl.CH4.Cl2OS.K.H2O/c1-2-17-11(16)8(6-15)7-3-4-9-10(5-7)19-12(13,14)18-9;12-9(15)10(3-4-10)6-1-2-7-8(5-6)17-11(13,14)16-7;12-11(13)15-8-2-1-7(5-9(8)16-11)10(6-14)3-4-10;12-11(13)16-7-2-1-6(5-8(7)17-11)10(3-4-10)9(14)15;10-9(11)13-7-2-1-6(3-4-12)5-8(7)14-9;8-4-1-2-5-6(3-4)12-7(9,10)11-5;1-4(6)2-3-5;3-1-2-4;;1-4(2)3;;/h3-5,8H,2H2,1H3;1-2,5H,3-4H2;1-2,5H,3-4H2;1-2,5H,3-4H2,(H,14,15);1-2,5H,3H2;1-3H;2H2,1H3;1-2H2;1H4;;;1H2/q;;;;;;;;;;+1;/p-1. The van der Waals surface area contributed by atoms with Crippen LogP contribution in [0.1, 0.15) is 100.0 Å². The monoisotopic (exact) mass is 1840 g/mol. The van der Waals surface area contributed by atoms with Gasteiger partial charge in [0, 0.05) is 37.0 Å². The van der Waals surface area contributed by atoms with Crippen LogP contribution in [0.3, 0.4) is 0 Å². The molecule has 0 saturated heterocycles. The second-order valence-corrected chi connectivity index (χ2v) is 27.7. The summed E-state index contributed by atoms with van der Waals surface area (Å²) in [5.41, 5.74) is 0.455. The Labute approximate surface area is 708 Å². The summed E-state index contributed by atoms with van der Waals surface area (Å²) in [5.74, 6) is -2.77. The largest absolute Gasteiger partial charge is 1.00 e. The molecule has 6 aromatic rings. The summed E-state index contributed by atoms with van der Waals surface area (Å²) >= 11 is 16.9. The summed E-state index contributed by atoms with van der Waals surface area (Å²) < 4.78 is 218. The molecule has 3 saturated carbocycles. The number of esters is 1. The van der Waals surface area contributed by atoms with Crippen LogP contribution in [0.15, 0.2) is 114 Å². The van der Waals surface area contributed by atoms with E-state index in [0.717, 1.165) is 23.7 Å². The van der Waals surface area contributed by atoms with Crippen LogP contribution in [-0.4, -0.2) is 93.3 Å². The molecule has 0 bridgehead atoms. The quantitative estimate of drug-likeness (QED) is 0.0414. The third kappa shape index (κ3) is 26.6. The van der Waals surface area contributed by atoms with Crippen LogP contribution in [0.5, 0.6) is 69.0 Å². The van der Waals surface area contributed by atoms with E-state index in [-0.39, 0.29) is 164 Å². The van der Waals surface area contributed by atoms with Crippen LogP contribution >= 0.6 is 76.4 Å². The van der Waals surface area contributed by atoms with Gasteiger partial charge in [-0.3, -0.25) is 19.2 Å². The predicted molar refractivity (Wildman–Crippen MR) is 369 cm³/mol. The van der Waals surface area contributed by atoms with Gasteiger partial charge in [-0.15, -0.1) is 64.3 Å². The number of carboxylic acids is 1. The van der Waals surface area contributed by atoms with Crippen molar-refractivity contribution in [1.82, 2.24) is 0 Å². The topological polar surface area (TPSA) is 351 Å². The number of carbonyl (C=O) groups is 4. The summed E-state index contributed by atoms with van der Waals surface area (Å²) in [7, 11) is 7.36. The number of benzene rings is 6. The number of hydrogen-bond donors (Lipinski definition) is 1. The molecule has 0 radical (unpaired) electrons. The van der Waals surface area contributed by atoms with Gasteiger partial charge in [0.25, 0.3) is 0 Å². The van der Waals surface area contributed by atoms with Crippen molar-refractivity contribution in [2.75, 3.05) is 17.8 Å². The second-order valence-electron chi connectivity index (χ2n) is 22.8. The second kappa shape index (κ2) is 40.0. The molecule has 3 fully saturated rings. The molecular weight excluding hydrogens is 1790 g/mol. The molecule has 44 heteroatoms.